The molecule has 3 fully saturated rings. The predicted molar refractivity (Wildman–Crippen MR) is 138 cm³/mol. The minimum absolute atomic E-state index is 0.0110. The van der Waals surface area contributed by atoms with Gasteiger partial charge in [-0.3, -0.25) is 4.79 Å². The summed E-state index contributed by atoms with van der Waals surface area (Å²) in [6.45, 7) is 14.7. The van der Waals surface area contributed by atoms with Crippen molar-refractivity contribution in [1.82, 2.24) is 0 Å². The van der Waals surface area contributed by atoms with Crippen LogP contribution in [-0.4, -0.2) is 50.6 Å². The zero-order valence-corrected chi connectivity index (χ0v) is 23.2. The zero-order chi connectivity index (χ0) is 26.0. The van der Waals surface area contributed by atoms with E-state index in [2.05, 4.69) is 26.8 Å². The van der Waals surface area contributed by atoms with E-state index in [-0.39, 0.29) is 47.1 Å². The van der Waals surface area contributed by atoms with Crippen LogP contribution in [-0.2, 0) is 9.53 Å². The molecule has 1 aliphatic heterocycles. The lowest BCUT2D eigenvalue weighted by atomic mass is 9.55. The van der Waals surface area contributed by atoms with Crippen molar-refractivity contribution in [1.29, 1.82) is 0 Å². The van der Waals surface area contributed by atoms with Crippen molar-refractivity contribution in [2.75, 3.05) is 6.61 Å². The minimum Gasteiger partial charge on any atom is -0.392 e. The maximum atomic E-state index is 12.8. The molecule has 1 heterocycles. The summed E-state index contributed by atoms with van der Waals surface area (Å²) in [6.07, 6.45) is 9.21. The lowest BCUT2D eigenvalue weighted by Gasteiger charge is -2.54. The number of rotatable bonds is 4. The van der Waals surface area contributed by atoms with Crippen LogP contribution in [0.2, 0.25) is 0 Å². The summed E-state index contributed by atoms with van der Waals surface area (Å²) in [5, 5.41) is 33.1. The molecular weight excluding hydrogens is 440 g/mol. The Kier molecular flexibility index (Phi) is 6.96. The van der Waals surface area contributed by atoms with E-state index >= 15 is 0 Å². The lowest BCUT2D eigenvalue weighted by molar-refractivity contribution is -0.196. The Labute approximate surface area is 212 Å². The molecule has 2 saturated carbocycles. The molecule has 8 atom stereocenters. The van der Waals surface area contributed by atoms with Crippen molar-refractivity contribution in [3.63, 3.8) is 0 Å². The average molecular weight is 491 g/mol. The number of carbonyl (C=O) groups excluding carboxylic acids is 1. The third-order valence-corrected chi connectivity index (χ3v) is 11.3. The Bertz CT molecular complexity index is 853. The van der Waals surface area contributed by atoms with Gasteiger partial charge in [0.1, 0.15) is 5.60 Å². The van der Waals surface area contributed by atoms with Gasteiger partial charge in [-0.05, 0) is 119 Å². The van der Waals surface area contributed by atoms with Gasteiger partial charge in [-0.1, -0.05) is 26.8 Å². The SMILES string of the molecule is CC1(C)O[C@H]2CC[C@@](C)(O)[C@@H](CC[C@@H]3C(CO)=CC[C@H]4[C@H](CC[C@]4(C)O)C3(C)C)[C@]2(C)CCC1=O. The summed E-state index contributed by atoms with van der Waals surface area (Å²) < 4.78 is 6.48. The normalized spacial score (nSPS) is 47.3. The molecule has 0 radical (unpaired) electrons. The molecule has 4 aliphatic rings. The molecule has 0 bridgehead atoms. The van der Waals surface area contributed by atoms with E-state index in [1.807, 2.05) is 27.7 Å². The molecule has 1 saturated heterocycles. The topological polar surface area (TPSA) is 87.0 Å². The van der Waals surface area contributed by atoms with Gasteiger partial charge in [0.2, 0.25) is 0 Å². The van der Waals surface area contributed by atoms with Gasteiger partial charge < -0.3 is 20.1 Å². The first-order valence-electron chi connectivity index (χ1n) is 14.0. The molecule has 5 nitrogen and oxygen atoms in total. The number of fused-ring (bicyclic) bond motifs is 2. The van der Waals surface area contributed by atoms with Crippen LogP contribution < -0.4 is 0 Å². The highest BCUT2D eigenvalue weighted by Crippen LogP contribution is 2.59. The highest BCUT2D eigenvalue weighted by atomic mass is 16.5. The van der Waals surface area contributed by atoms with Crippen molar-refractivity contribution in [3.8, 4) is 0 Å². The van der Waals surface area contributed by atoms with E-state index in [1.54, 1.807) is 0 Å². The van der Waals surface area contributed by atoms with Crippen molar-refractivity contribution in [2.45, 2.75) is 129 Å². The molecule has 35 heavy (non-hydrogen) atoms. The smallest absolute Gasteiger partial charge is 0.164 e. The van der Waals surface area contributed by atoms with Crippen molar-refractivity contribution in [3.05, 3.63) is 11.6 Å². The first kappa shape index (κ1) is 27.3. The second-order valence-corrected chi connectivity index (χ2v) is 14.2. The second-order valence-electron chi connectivity index (χ2n) is 14.2. The molecule has 3 N–H and O–H groups in total. The molecule has 0 aromatic rings. The average Bonchev–Trinajstić information content (AvgIpc) is 2.96. The second kappa shape index (κ2) is 8.92. The van der Waals surface area contributed by atoms with Gasteiger partial charge in [0.15, 0.2) is 5.78 Å². The Hall–Kier alpha value is -0.750. The molecule has 5 heteroatoms. The van der Waals surface area contributed by atoms with E-state index in [9.17, 15) is 20.1 Å². The molecular formula is C30H50O5. The Balaban J connectivity index is 1.62. The standard InChI is InChI=1S/C30H50O5/c1-26(2)20(19(18-31)8-9-22-21(26)12-16-29(22,6)33)10-11-23-28(5)15-13-24(32)27(3,4)35-25(28)14-17-30(23,7)34/h8,20-23,25,31,33-34H,9-18H2,1-7H3/t20-,21+,22+,23+,25+,28+,29+,30-/m1/s1. The molecule has 0 aromatic carbocycles. The summed E-state index contributed by atoms with van der Waals surface area (Å²) in [6, 6.07) is 0. The zero-order valence-electron chi connectivity index (χ0n) is 23.2. The number of aliphatic hydroxyl groups excluding tert-OH is 1. The van der Waals surface area contributed by atoms with Crippen LogP contribution in [0.1, 0.15) is 106 Å². The highest BCUT2D eigenvalue weighted by Gasteiger charge is 2.58. The van der Waals surface area contributed by atoms with Crippen LogP contribution in [0.15, 0.2) is 11.6 Å². The summed E-state index contributed by atoms with van der Waals surface area (Å²) in [5.74, 6) is 0.976. The van der Waals surface area contributed by atoms with E-state index in [1.165, 1.54) is 0 Å². The third-order valence-electron chi connectivity index (χ3n) is 11.3. The summed E-state index contributed by atoms with van der Waals surface area (Å²) in [5.41, 5.74) is -1.49. The number of hydrogen-bond acceptors (Lipinski definition) is 5. The number of ketones is 1. The van der Waals surface area contributed by atoms with E-state index in [0.717, 1.165) is 50.5 Å². The summed E-state index contributed by atoms with van der Waals surface area (Å²) in [7, 11) is 0. The third kappa shape index (κ3) is 4.57. The maximum Gasteiger partial charge on any atom is 0.164 e. The molecule has 0 spiro atoms. The van der Waals surface area contributed by atoms with Gasteiger partial charge >= 0.3 is 0 Å². The van der Waals surface area contributed by atoms with Crippen LogP contribution in [0.3, 0.4) is 0 Å². The van der Waals surface area contributed by atoms with Crippen molar-refractivity contribution < 1.29 is 24.9 Å². The first-order valence-corrected chi connectivity index (χ1v) is 14.0. The maximum absolute atomic E-state index is 12.8. The van der Waals surface area contributed by atoms with E-state index in [0.29, 0.717) is 18.8 Å². The number of ether oxygens (including phenoxy) is 1. The Morgan fingerprint density at radius 2 is 1.57 bits per heavy atom. The van der Waals surface area contributed by atoms with E-state index in [4.69, 9.17) is 4.74 Å². The van der Waals surface area contributed by atoms with Gasteiger partial charge in [0.05, 0.1) is 23.9 Å². The molecule has 0 unspecified atom stereocenters. The van der Waals surface area contributed by atoms with Crippen molar-refractivity contribution >= 4 is 5.78 Å². The number of hydrogen-bond donors (Lipinski definition) is 3. The molecule has 4 rings (SSSR count). The number of allylic oxidation sites excluding steroid dienone is 1. The predicted octanol–water partition coefficient (Wildman–Crippen LogP) is 5.20. The van der Waals surface area contributed by atoms with Crippen LogP contribution in [0.25, 0.3) is 0 Å². The molecule has 200 valence electrons. The fraction of sp³-hybridized carbons (Fsp3) is 0.900. The van der Waals surface area contributed by atoms with Gasteiger partial charge in [0.25, 0.3) is 0 Å². The fourth-order valence-electron chi connectivity index (χ4n) is 8.94. The Morgan fingerprint density at radius 1 is 0.914 bits per heavy atom. The molecule has 3 aliphatic carbocycles. The highest BCUT2D eigenvalue weighted by molar-refractivity contribution is 5.86. The number of Topliss-reactive ketones (excluding diaryl/α,β-unsaturated/α-hetero) is 1. The molecule has 0 aromatic heterocycles. The van der Waals surface area contributed by atoms with Gasteiger partial charge in [-0.2, -0.15) is 0 Å². The number of carbonyl (C=O) groups is 1. The van der Waals surface area contributed by atoms with Crippen molar-refractivity contribution in [2.24, 2.45) is 34.5 Å². The Morgan fingerprint density at radius 3 is 2.23 bits per heavy atom. The van der Waals surface area contributed by atoms with Gasteiger partial charge in [0, 0.05) is 6.42 Å². The largest absolute Gasteiger partial charge is 0.392 e. The first-order chi connectivity index (χ1) is 16.1. The van der Waals surface area contributed by atoms with Crippen LogP contribution in [0.5, 0.6) is 0 Å². The van der Waals surface area contributed by atoms with Gasteiger partial charge in [-0.15, -0.1) is 0 Å². The van der Waals surface area contributed by atoms with E-state index < -0.39 is 16.8 Å². The number of aliphatic hydroxyl groups is 3. The van der Waals surface area contributed by atoms with Gasteiger partial charge in [-0.25, -0.2) is 0 Å². The van der Waals surface area contributed by atoms with Crippen LogP contribution in [0, 0.1) is 34.5 Å². The molecule has 0 amide bonds. The summed E-state index contributed by atoms with van der Waals surface area (Å²) >= 11 is 0. The lowest BCUT2D eigenvalue weighted by Crippen LogP contribution is -2.56. The fourth-order valence-corrected chi connectivity index (χ4v) is 8.94. The van der Waals surface area contributed by atoms with Crippen LogP contribution >= 0.6 is 0 Å². The monoisotopic (exact) mass is 490 g/mol. The quantitative estimate of drug-likeness (QED) is 0.471. The minimum atomic E-state index is -0.816. The summed E-state index contributed by atoms with van der Waals surface area (Å²) in [4.78, 5) is 12.8. The van der Waals surface area contributed by atoms with Crippen LogP contribution in [0.4, 0.5) is 0 Å².